The fourth-order valence-electron chi connectivity index (χ4n) is 4.35. The van der Waals surface area contributed by atoms with Crippen molar-refractivity contribution in [3.05, 3.63) is 94.0 Å². The maximum absolute atomic E-state index is 12.5. The summed E-state index contributed by atoms with van der Waals surface area (Å²) in [6.07, 6.45) is 1.85. The van der Waals surface area contributed by atoms with Crippen LogP contribution in [-0.2, 0) is 13.1 Å². The smallest absolute Gasteiger partial charge is 0.258 e. The third kappa shape index (κ3) is 3.86. The molecule has 0 radical (unpaired) electrons. The summed E-state index contributed by atoms with van der Waals surface area (Å²) >= 11 is 0. The molecule has 5 rings (SSSR count). The maximum atomic E-state index is 12.5. The highest BCUT2D eigenvalue weighted by molar-refractivity contribution is 5.85. The first kappa shape index (κ1) is 19.0. The Morgan fingerprint density at radius 2 is 1.60 bits per heavy atom. The lowest BCUT2D eigenvalue weighted by molar-refractivity contribution is 0.121. The number of nitrogens with zero attached hydrogens (tertiary/aromatic N) is 4. The maximum Gasteiger partial charge on any atom is 0.258 e. The van der Waals surface area contributed by atoms with Crippen LogP contribution in [0.4, 0.5) is 0 Å². The molecule has 1 saturated heterocycles. The van der Waals surface area contributed by atoms with Crippen molar-refractivity contribution in [1.29, 1.82) is 0 Å². The average Bonchev–Trinajstić information content (AvgIpc) is 2.76. The highest BCUT2D eigenvalue weighted by Gasteiger charge is 2.18. The number of fused-ring (bicyclic) bond motifs is 2. The molecular weight excluding hydrogens is 372 g/mol. The second-order valence-electron chi connectivity index (χ2n) is 8.21. The van der Waals surface area contributed by atoms with Crippen LogP contribution < -0.4 is 5.56 Å². The first-order valence-electron chi connectivity index (χ1n) is 10.6. The van der Waals surface area contributed by atoms with E-state index in [0.29, 0.717) is 0 Å². The molecule has 2 aromatic heterocycles. The summed E-state index contributed by atoms with van der Waals surface area (Å²) in [4.78, 5) is 22.1. The second-order valence-corrected chi connectivity index (χ2v) is 8.21. The van der Waals surface area contributed by atoms with Crippen LogP contribution in [0, 0.1) is 6.92 Å². The van der Waals surface area contributed by atoms with Crippen LogP contribution >= 0.6 is 0 Å². The summed E-state index contributed by atoms with van der Waals surface area (Å²) in [6.45, 7) is 7.70. The van der Waals surface area contributed by atoms with Crippen molar-refractivity contribution < 1.29 is 0 Å². The third-order valence-corrected chi connectivity index (χ3v) is 5.98. The van der Waals surface area contributed by atoms with E-state index in [1.165, 1.54) is 16.3 Å². The van der Waals surface area contributed by atoms with Crippen LogP contribution in [0.2, 0.25) is 0 Å². The topological polar surface area (TPSA) is 40.9 Å². The zero-order chi connectivity index (χ0) is 20.5. The zero-order valence-electron chi connectivity index (χ0n) is 17.3. The normalized spacial score (nSPS) is 15.8. The monoisotopic (exact) mass is 398 g/mol. The van der Waals surface area contributed by atoms with Gasteiger partial charge in [-0.05, 0) is 34.9 Å². The molecule has 152 valence electrons. The molecule has 1 fully saturated rings. The highest BCUT2D eigenvalue weighted by atomic mass is 16.1. The van der Waals surface area contributed by atoms with Crippen molar-refractivity contribution in [2.45, 2.75) is 20.0 Å². The van der Waals surface area contributed by atoms with Crippen molar-refractivity contribution in [3.8, 4) is 0 Å². The van der Waals surface area contributed by atoms with Gasteiger partial charge in [-0.2, -0.15) is 0 Å². The Morgan fingerprint density at radius 3 is 2.43 bits per heavy atom. The van der Waals surface area contributed by atoms with E-state index in [2.05, 4.69) is 52.3 Å². The number of piperazine rings is 1. The molecule has 5 nitrogen and oxygen atoms in total. The van der Waals surface area contributed by atoms with Crippen molar-refractivity contribution in [3.63, 3.8) is 0 Å². The fourth-order valence-corrected chi connectivity index (χ4v) is 4.35. The van der Waals surface area contributed by atoms with Crippen LogP contribution in [0.3, 0.4) is 0 Å². The number of aryl methyl sites for hydroxylation is 1. The molecule has 0 atom stereocenters. The van der Waals surface area contributed by atoms with E-state index in [1.807, 2.05) is 25.3 Å². The van der Waals surface area contributed by atoms with Gasteiger partial charge in [0.15, 0.2) is 0 Å². The van der Waals surface area contributed by atoms with Gasteiger partial charge in [0.25, 0.3) is 5.56 Å². The quantitative estimate of drug-likeness (QED) is 0.528. The molecule has 3 heterocycles. The number of benzene rings is 2. The third-order valence-electron chi connectivity index (χ3n) is 5.98. The van der Waals surface area contributed by atoms with E-state index in [-0.39, 0.29) is 5.56 Å². The lowest BCUT2D eigenvalue weighted by Gasteiger charge is -2.34. The predicted molar refractivity (Wildman–Crippen MR) is 121 cm³/mol. The van der Waals surface area contributed by atoms with Crippen LogP contribution in [0.1, 0.15) is 16.8 Å². The first-order chi connectivity index (χ1) is 14.7. The molecule has 1 aliphatic heterocycles. The SMILES string of the molecule is Cc1ccc2nc(CN3CCN(Cc4cccc5ccccc45)CC3)cc(=O)n2c1. The summed E-state index contributed by atoms with van der Waals surface area (Å²) in [5, 5.41) is 2.65. The molecule has 0 spiro atoms. The molecule has 0 saturated carbocycles. The Labute approximate surface area is 176 Å². The molecule has 0 bridgehead atoms. The van der Waals surface area contributed by atoms with Gasteiger partial charge >= 0.3 is 0 Å². The minimum Gasteiger partial charge on any atom is -0.297 e. The number of rotatable bonds is 4. The summed E-state index contributed by atoms with van der Waals surface area (Å²) in [5.74, 6) is 0. The van der Waals surface area contributed by atoms with Gasteiger partial charge in [-0.1, -0.05) is 48.5 Å². The molecule has 0 amide bonds. The molecular formula is C25H26N4O. The number of aromatic nitrogens is 2. The highest BCUT2D eigenvalue weighted by Crippen LogP contribution is 2.20. The Bertz CT molecular complexity index is 1250. The van der Waals surface area contributed by atoms with Gasteiger partial charge in [-0.25, -0.2) is 4.98 Å². The minimum atomic E-state index is -0.00621. The summed E-state index contributed by atoms with van der Waals surface area (Å²) in [7, 11) is 0. The average molecular weight is 399 g/mol. The molecule has 0 N–H and O–H groups in total. The standard InChI is InChI=1S/C25H26N4O/c1-19-9-10-24-26-22(15-25(30)29(24)16-19)18-28-13-11-27(12-14-28)17-21-7-4-6-20-5-2-3-8-23(20)21/h2-10,15-16H,11-14,17-18H2,1H3. The van der Waals surface area contributed by atoms with E-state index >= 15 is 0 Å². The fraction of sp³-hybridized carbons (Fsp3) is 0.280. The predicted octanol–water partition coefficient (Wildman–Crippen LogP) is 3.47. The molecule has 0 aliphatic carbocycles. The van der Waals surface area contributed by atoms with Crippen molar-refractivity contribution in [2.75, 3.05) is 26.2 Å². The van der Waals surface area contributed by atoms with Crippen LogP contribution in [0.15, 0.2) is 71.7 Å². The van der Waals surface area contributed by atoms with E-state index in [9.17, 15) is 4.79 Å². The molecule has 2 aromatic carbocycles. The second kappa shape index (κ2) is 8.01. The lowest BCUT2D eigenvalue weighted by atomic mass is 10.0. The van der Waals surface area contributed by atoms with Gasteiger partial charge < -0.3 is 0 Å². The van der Waals surface area contributed by atoms with E-state index in [4.69, 9.17) is 4.98 Å². The molecule has 0 unspecified atom stereocenters. The number of hydrogen-bond acceptors (Lipinski definition) is 4. The largest absolute Gasteiger partial charge is 0.297 e. The van der Waals surface area contributed by atoms with E-state index in [0.717, 1.165) is 56.2 Å². The van der Waals surface area contributed by atoms with Crippen molar-refractivity contribution >= 4 is 16.4 Å². The van der Waals surface area contributed by atoms with Crippen LogP contribution in [0.5, 0.6) is 0 Å². The van der Waals surface area contributed by atoms with Gasteiger partial charge in [0.2, 0.25) is 0 Å². The Balaban J connectivity index is 1.25. The molecule has 30 heavy (non-hydrogen) atoms. The summed E-state index contributed by atoms with van der Waals surface area (Å²) in [5.41, 5.74) is 4.01. The van der Waals surface area contributed by atoms with Crippen LogP contribution in [0.25, 0.3) is 16.4 Å². The van der Waals surface area contributed by atoms with Gasteiger partial charge in [0.1, 0.15) is 5.65 Å². The van der Waals surface area contributed by atoms with Crippen LogP contribution in [-0.4, -0.2) is 45.4 Å². The number of pyridine rings is 1. The Morgan fingerprint density at radius 1 is 0.867 bits per heavy atom. The van der Waals surface area contributed by atoms with Gasteiger partial charge in [-0.3, -0.25) is 19.0 Å². The number of hydrogen-bond donors (Lipinski definition) is 0. The summed E-state index contributed by atoms with van der Waals surface area (Å²) < 4.78 is 1.63. The van der Waals surface area contributed by atoms with Gasteiger partial charge in [-0.15, -0.1) is 0 Å². The van der Waals surface area contributed by atoms with E-state index < -0.39 is 0 Å². The lowest BCUT2D eigenvalue weighted by Crippen LogP contribution is -2.45. The molecule has 5 heteroatoms. The Kier molecular flexibility index (Phi) is 5.07. The van der Waals surface area contributed by atoms with Gasteiger partial charge in [0.05, 0.1) is 5.69 Å². The zero-order valence-corrected chi connectivity index (χ0v) is 17.3. The summed E-state index contributed by atoms with van der Waals surface area (Å²) in [6, 6.07) is 20.8. The van der Waals surface area contributed by atoms with Crippen molar-refractivity contribution in [1.82, 2.24) is 19.2 Å². The van der Waals surface area contributed by atoms with E-state index in [1.54, 1.807) is 10.5 Å². The molecule has 4 aromatic rings. The first-order valence-corrected chi connectivity index (χ1v) is 10.6. The van der Waals surface area contributed by atoms with Crippen molar-refractivity contribution in [2.24, 2.45) is 0 Å². The molecule has 1 aliphatic rings. The van der Waals surface area contributed by atoms with Gasteiger partial charge in [0, 0.05) is 51.5 Å². The Hall–Kier alpha value is -3.02. The minimum absolute atomic E-state index is 0.00621.